The molecule has 2 aromatic rings. The first kappa shape index (κ1) is 14.5. The topological polar surface area (TPSA) is 41.3 Å². The van der Waals surface area contributed by atoms with E-state index in [0.29, 0.717) is 10.7 Å². The number of nitrogen functional groups attached to an aromatic ring is 1. The summed E-state index contributed by atoms with van der Waals surface area (Å²) in [6.45, 7) is 1.87. The molecule has 0 aliphatic rings. The summed E-state index contributed by atoms with van der Waals surface area (Å²) >= 11 is 6.11. The summed E-state index contributed by atoms with van der Waals surface area (Å²) in [6.07, 6.45) is 1.03. The minimum atomic E-state index is 0.668. The van der Waals surface area contributed by atoms with Crippen LogP contribution in [-0.2, 0) is 0 Å². The van der Waals surface area contributed by atoms with E-state index >= 15 is 0 Å². The first-order valence-corrected chi connectivity index (χ1v) is 7.09. The molecule has 0 aliphatic carbocycles. The van der Waals surface area contributed by atoms with Crippen LogP contribution in [0.15, 0.2) is 48.5 Å². The highest BCUT2D eigenvalue weighted by Crippen LogP contribution is 2.23. The van der Waals surface area contributed by atoms with E-state index in [1.807, 2.05) is 18.2 Å². The number of benzene rings is 2. The summed E-state index contributed by atoms with van der Waals surface area (Å²) in [6, 6.07) is 15.9. The molecule has 0 atom stereocenters. The Morgan fingerprint density at radius 3 is 2.60 bits per heavy atom. The maximum absolute atomic E-state index is 6.11. The van der Waals surface area contributed by atoms with Gasteiger partial charge < -0.3 is 16.0 Å². The van der Waals surface area contributed by atoms with Crippen molar-refractivity contribution in [1.29, 1.82) is 0 Å². The van der Waals surface area contributed by atoms with E-state index in [1.54, 1.807) is 6.07 Å². The zero-order valence-corrected chi connectivity index (χ0v) is 12.4. The van der Waals surface area contributed by atoms with Crippen LogP contribution in [0.25, 0.3) is 0 Å². The molecule has 0 amide bonds. The van der Waals surface area contributed by atoms with Crippen molar-refractivity contribution >= 4 is 28.7 Å². The van der Waals surface area contributed by atoms with Crippen LogP contribution >= 0.6 is 11.6 Å². The third kappa shape index (κ3) is 4.07. The summed E-state index contributed by atoms with van der Waals surface area (Å²) in [4.78, 5) is 2.24. The average Bonchev–Trinajstić information content (AvgIpc) is 2.46. The Kier molecular flexibility index (Phi) is 5.13. The number of anilines is 3. The van der Waals surface area contributed by atoms with Crippen molar-refractivity contribution in [3.8, 4) is 0 Å². The second-order valence-electron chi connectivity index (χ2n) is 4.78. The first-order valence-electron chi connectivity index (χ1n) is 6.72. The summed E-state index contributed by atoms with van der Waals surface area (Å²) in [5.41, 5.74) is 8.52. The molecule has 0 bridgehead atoms. The van der Waals surface area contributed by atoms with Crippen LogP contribution < -0.4 is 16.0 Å². The maximum Gasteiger partial charge on any atom is 0.0657 e. The van der Waals surface area contributed by atoms with Gasteiger partial charge in [-0.05, 0) is 36.8 Å². The average molecular weight is 290 g/mol. The number of hydrogen-bond donors (Lipinski definition) is 2. The Bertz CT molecular complexity index is 543. The van der Waals surface area contributed by atoms with Crippen LogP contribution in [-0.4, -0.2) is 20.1 Å². The lowest BCUT2D eigenvalue weighted by Gasteiger charge is -2.19. The normalized spacial score (nSPS) is 10.3. The fraction of sp³-hybridized carbons (Fsp3) is 0.250. The summed E-state index contributed by atoms with van der Waals surface area (Å²) < 4.78 is 0. The van der Waals surface area contributed by atoms with Crippen molar-refractivity contribution < 1.29 is 0 Å². The zero-order chi connectivity index (χ0) is 14.4. The van der Waals surface area contributed by atoms with Crippen LogP contribution in [0.3, 0.4) is 0 Å². The molecule has 0 saturated heterocycles. The largest absolute Gasteiger partial charge is 0.399 e. The summed E-state index contributed by atoms with van der Waals surface area (Å²) in [5, 5.41) is 4.00. The van der Waals surface area contributed by atoms with Gasteiger partial charge in [-0.1, -0.05) is 29.8 Å². The first-order chi connectivity index (χ1) is 9.66. The SMILES string of the molecule is CN(CCCNc1ccc(N)cc1Cl)c1ccccc1. The van der Waals surface area contributed by atoms with Gasteiger partial charge in [0.25, 0.3) is 0 Å². The molecule has 0 aromatic heterocycles. The number of hydrogen-bond acceptors (Lipinski definition) is 3. The van der Waals surface area contributed by atoms with E-state index in [4.69, 9.17) is 17.3 Å². The van der Waals surface area contributed by atoms with E-state index in [9.17, 15) is 0 Å². The molecule has 0 spiro atoms. The van der Waals surface area contributed by atoms with Gasteiger partial charge in [0.2, 0.25) is 0 Å². The number of nitrogens with zero attached hydrogens (tertiary/aromatic N) is 1. The van der Waals surface area contributed by atoms with Crippen molar-refractivity contribution in [2.24, 2.45) is 0 Å². The lowest BCUT2D eigenvalue weighted by molar-refractivity contribution is 0.816. The van der Waals surface area contributed by atoms with Gasteiger partial charge >= 0.3 is 0 Å². The number of halogens is 1. The molecule has 0 heterocycles. The minimum absolute atomic E-state index is 0.668. The fourth-order valence-electron chi connectivity index (χ4n) is 2.03. The highest BCUT2D eigenvalue weighted by atomic mass is 35.5. The Hall–Kier alpha value is -1.87. The molecular formula is C16H20ClN3. The van der Waals surface area contributed by atoms with Crippen molar-refractivity contribution in [3.05, 3.63) is 53.6 Å². The standard InChI is InChI=1S/C16H20ClN3/c1-20(14-6-3-2-4-7-14)11-5-10-19-16-9-8-13(18)12-15(16)17/h2-4,6-9,12,19H,5,10-11,18H2,1H3. The monoisotopic (exact) mass is 289 g/mol. The molecule has 0 fully saturated rings. The lowest BCUT2D eigenvalue weighted by atomic mass is 10.2. The van der Waals surface area contributed by atoms with Gasteiger partial charge in [-0.15, -0.1) is 0 Å². The molecule has 4 heteroatoms. The predicted octanol–water partition coefficient (Wildman–Crippen LogP) is 3.86. The second-order valence-corrected chi connectivity index (χ2v) is 5.18. The van der Waals surface area contributed by atoms with E-state index in [-0.39, 0.29) is 0 Å². The van der Waals surface area contributed by atoms with Crippen LogP contribution in [0.2, 0.25) is 5.02 Å². The van der Waals surface area contributed by atoms with Crippen molar-refractivity contribution in [3.63, 3.8) is 0 Å². The molecule has 0 saturated carbocycles. The van der Waals surface area contributed by atoms with Gasteiger partial charge in [0.05, 0.1) is 10.7 Å². The summed E-state index contributed by atoms with van der Waals surface area (Å²) in [7, 11) is 2.10. The molecular weight excluding hydrogens is 270 g/mol. The van der Waals surface area contributed by atoms with Gasteiger partial charge in [0.15, 0.2) is 0 Å². The van der Waals surface area contributed by atoms with Crippen LogP contribution in [0.1, 0.15) is 6.42 Å². The summed E-state index contributed by atoms with van der Waals surface area (Å²) in [5.74, 6) is 0. The zero-order valence-electron chi connectivity index (χ0n) is 11.6. The van der Waals surface area contributed by atoms with Gasteiger partial charge in [-0.2, -0.15) is 0 Å². The van der Waals surface area contributed by atoms with Gasteiger partial charge in [0, 0.05) is 31.5 Å². The number of nitrogens with two attached hydrogens (primary N) is 1. The fourth-order valence-corrected chi connectivity index (χ4v) is 2.28. The third-order valence-corrected chi connectivity index (χ3v) is 3.49. The van der Waals surface area contributed by atoms with Crippen LogP contribution in [0, 0.1) is 0 Å². The lowest BCUT2D eigenvalue weighted by Crippen LogP contribution is -2.20. The maximum atomic E-state index is 6.11. The number of rotatable bonds is 6. The molecule has 0 unspecified atom stereocenters. The molecule has 106 valence electrons. The molecule has 0 radical (unpaired) electrons. The Balaban J connectivity index is 1.76. The minimum Gasteiger partial charge on any atom is -0.399 e. The highest BCUT2D eigenvalue weighted by Gasteiger charge is 2.01. The van der Waals surface area contributed by atoms with Crippen LogP contribution in [0.5, 0.6) is 0 Å². The molecule has 3 N–H and O–H groups in total. The molecule has 20 heavy (non-hydrogen) atoms. The van der Waals surface area contributed by atoms with Crippen molar-refractivity contribution in [2.45, 2.75) is 6.42 Å². The second kappa shape index (κ2) is 7.06. The highest BCUT2D eigenvalue weighted by molar-refractivity contribution is 6.33. The molecule has 2 rings (SSSR count). The Morgan fingerprint density at radius 1 is 1.15 bits per heavy atom. The third-order valence-electron chi connectivity index (χ3n) is 3.18. The van der Waals surface area contributed by atoms with Gasteiger partial charge in [-0.3, -0.25) is 0 Å². The van der Waals surface area contributed by atoms with Gasteiger partial charge in [0.1, 0.15) is 0 Å². The van der Waals surface area contributed by atoms with Crippen molar-refractivity contribution in [2.75, 3.05) is 36.1 Å². The molecule has 2 aromatic carbocycles. The van der Waals surface area contributed by atoms with E-state index < -0.39 is 0 Å². The smallest absolute Gasteiger partial charge is 0.0657 e. The quantitative estimate of drug-likeness (QED) is 0.627. The van der Waals surface area contributed by atoms with E-state index in [0.717, 1.165) is 25.2 Å². The van der Waals surface area contributed by atoms with Gasteiger partial charge in [-0.25, -0.2) is 0 Å². The molecule has 0 aliphatic heterocycles. The number of para-hydroxylation sites is 1. The van der Waals surface area contributed by atoms with E-state index in [1.165, 1.54) is 5.69 Å². The number of nitrogens with one attached hydrogen (secondary N) is 1. The van der Waals surface area contributed by atoms with Crippen LogP contribution in [0.4, 0.5) is 17.1 Å². The Labute approximate surface area is 125 Å². The molecule has 3 nitrogen and oxygen atoms in total. The predicted molar refractivity (Wildman–Crippen MR) is 88.7 cm³/mol. The van der Waals surface area contributed by atoms with E-state index in [2.05, 4.69) is 41.5 Å². The van der Waals surface area contributed by atoms with Crippen molar-refractivity contribution in [1.82, 2.24) is 0 Å². The Morgan fingerprint density at radius 2 is 1.90 bits per heavy atom.